The van der Waals surface area contributed by atoms with E-state index in [1.54, 1.807) is 6.08 Å². The van der Waals surface area contributed by atoms with E-state index < -0.39 is 0 Å². The molecule has 130 valence electrons. The van der Waals surface area contributed by atoms with Crippen LogP contribution in [0.15, 0.2) is 39.2 Å². The molecule has 3 rings (SSSR count). The SMILES string of the molecule is CCCOc1ccc(/C=C(\Cl)c2nnc(-c3cc(C)oc3C)o2)cc1. The minimum atomic E-state index is 0.265. The summed E-state index contributed by atoms with van der Waals surface area (Å²) < 4.78 is 16.7. The van der Waals surface area contributed by atoms with Crippen molar-refractivity contribution >= 4 is 22.7 Å². The molecule has 0 atom stereocenters. The van der Waals surface area contributed by atoms with E-state index in [0.717, 1.165) is 34.8 Å². The fourth-order valence-electron chi connectivity index (χ4n) is 2.36. The van der Waals surface area contributed by atoms with Crippen molar-refractivity contribution < 1.29 is 13.6 Å². The van der Waals surface area contributed by atoms with Crippen LogP contribution in [-0.2, 0) is 0 Å². The molecule has 0 bridgehead atoms. The molecule has 2 aromatic heterocycles. The van der Waals surface area contributed by atoms with E-state index in [0.29, 0.717) is 17.5 Å². The van der Waals surface area contributed by atoms with Gasteiger partial charge in [0.15, 0.2) is 0 Å². The molecule has 0 saturated carbocycles. The van der Waals surface area contributed by atoms with Crippen LogP contribution < -0.4 is 4.74 Å². The Hall–Kier alpha value is -2.53. The molecular weight excluding hydrogens is 340 g/mol. The third-order valence-electron chi connectivity index (χ3n) is 3.55. The van der Waals surface area contributed by atoms with E-state index >= 15 is 0 Å². The zero-order valence-corrected chi connectivity index (χ0v) is 15.1. The Labute approximate surface area is 151 Å². The van der Waals surface area contributed by atoms with Gasteiger partial charge in [-0.15, -0.1) is 10.2 Å². The fourth-order valence-corrected chi connectivity index (χ4v) is 2.56. The Bertz CT molecular complexity index is 878. The highest BCUT2D eigenvalue weighted by molar-refractivity contribution is 6.50. The Kier molecular flexibility index (Phi) is 5.24. The molecule has 0 aliphatic carbocycles. The van der Waals surface area contributed by atoms with Gasteiger partial charge in [-0.1, -0.05) is 30.7 Å². The lowest BCUT2D eigenvalue weighted by molar-refractivity contribution is 0.317. The van der Waals surface area contributed by atoms with Crippen molar-refractivity contribution in [2.45, 2.75) is 27.2 Å². The standard InChI is InChI=1S/C19H19ClN2O3/c1-4-9-23-15-7-5-14(6-8-15)11-17(20)19-22-21-18(25-19)16-10-12(2)24-13(16)3/h5-8,10-11H,4,9H2,1-3H3/b17-11-. The first-order valence-electron chi connectivity index (χ1n) is 8.08. The van der Waals surface area contributed by atoms with Crippen LogP contribution >= 0.6 is 11.6 Å². The van der Waals surface area contributed by atoms with Crippen LogP contribution in [-0.4, -0.2) is 16.8 Å². The van der Waals surface area contributed by atoms with Gasteiger partial charge in [0.2, 0.25) is 0 Å². The summed E-state index contributed by atoms with van der Waals surface area (Å²) in [5.74, 6) is 3.01. The average molecular weight is 359 g/mol. The molecule has 0 N–H and O–H groups in total. The third kappa shape index (κ3) is 4.12. The molecular formula is C19H19ClN2O3. The molecule has 0 saturated heterocycles. The van der Waals surface area contributed by atoms with Crippen molar-refractivity contribution in [3.8, 4) is 17.2 Å². The lowest BCUT2D eigenvalue weighted by Crippen LogP contribution is -1.94. The highest BCUT2D eigenvalue weighted by Crippen LogP contribution is 2.29. The largest absolute Gasteiger partial charge is 0.494 e. The second kappa shape index (κ2) is 7.57. The molecule has 5 nitrogen and oxygen atoms in total. The van der Waals surface area contributed by atoms with Crippen molar-refractivity contribution in [2.24, 2.45) is 0 Å². The van der Waals surface area contributed by atoms with Crippen molar-refractivity contribution in [3.05, 3.63) is 53.3 Å². The number of aromatic nitrogens is 2. The van der Waals surface area contributed by atoms with Crippen LogP contribution in [0.3, 0.4) is 0 Å². The summed E-state index contributed by atoms with van der Waals surface area (Å²) in [7, 11) is 0. The van der Waals surface area contributed by atoms with Gasteiger partial charge in [0.25, 0.3) is 11.8 Å². The minimum Gasteiger partial charge on any atom is -0.494 e. The van der Waals surface area contributed by atoms with Gasteiger partial charge in [-0.2, -0.15) is 0 Å². The summed E-state index contributed by atoms with van der Waals surface area (Å²) in [5, 5.41) is 8.44. The Morgan fingerprint density at radius 1 is 1.16 bits per heavy atom. The predicted molar refractivity (Wildman–Crippen MR) is 97.4 cm³/mol. The van der Waals surface area contributed by atoms with E-state index in [9.17, 15) is 0 Å². The molecule has 0 fully saturated rings. The van der Waals surface area contributed by atoms with Crippen LogP contribution in [0.25, 0.3) is 22.6 Å². The molecule has 0 unspecified atom stereocenters. The Morgan fingerprint density at radius 2 is 1.92 bits per heavy atom. The summed E-state index contributed by atoms with van der Waals surface area (Å²) in [6, 6.07) is 9.52. The topological polar surface area (TPSA) is 61.3 Å². The second-order valence-corrected chi connectivity index (χ2v) is 6.06. The van der Waals surface area contributed by atoms with Crippen LogP contribution in [0, 0.1) is 13.8 Å². The number of rotatable bonds is 6. The van der Waals surface area contributed by atoms with Gasteiger partial charge in [-0.3, -0.25) is 0 Å². The molecule has 3 aromatic rings. The van der Waals surface area contributed by atoms with Gasteiger partial charge >= 0.3 is 0 Å². The maximum absolute atomic E-state index is 6.32. The van der Waals surface area contributed by atoms with Crippen molar-refractivity contribution in [1.82, 2.24) is 10.2 Å². The fraction of sp³-hybridized carbons (Fsp3) is 0.263. The van der Waals surface area contributed by atoms with Gasteiger partial charge in [0.1, 0.15) is 22.3 Å². The summed E-state index contributed by atoms with van der Waals surface area (Å²) in [4.78, 5) is 0. The molecule has 2 heterocycles. The quantitative estimate of drug-likeness (QED) is 0.584. The lowest BCUT2D eigenvalue weighted by Gasteiger charge is -2.04. The van der Waals surface area contributed by atoms with Crippen LogP contribution in [0.5, 0.6) is 5.75 Å². The summed E-state index contributed by atoms with van der Waals surface area (Å²) in [5.41, 5.74) is 1.70. The summed E-state index contributed by atoms with van der Waals surface area (Å²) in [6.45, 7) is 6.50. The average Bonchev–Trinajstić information content (AvgIpc) is 3.20. The number of halogens is 1. The van der Waals surface area contributed by atoms with Crippen molar-refractivity contribution in [1.29, 1.82) is 0 Å². The summed E-state index contributed by atoms with van der Waals surface area (Å²) >= 11 is 6.32. The van der Waals surface area contributed by atoms with E-state index in [4.69, 9.17) is 25.2 Å². The molecule has 25 heavy (non-hydrogen) atoms. The molecule has 0 amide bonds. The van der Waals surface area contributed by atoms with Gasteiger partial charge in [0.05, 0.1) is 12.2 Å². The molecule has 1 aromatic carbocycles. The molecule has 6 heteroatoms. The Balaban J connectivity index is 1.77. The normalized spacial score (nSPS) is 11.8. The first-order chi connectivity index (χ1) is 12.1. The third-order valence-corrected chi connectivity index (χ3v) is 3.82. The molecule has 0 spiro atoms. The first kappa shape index (κ1) is 17.3. The first-order valence-corrected chi connectivity index (χ1v) is 8.46. The maximum atomic E-state index is 6.32. The number of benzene rings is 1. The van der Waals surface area contributed by atoms with E-state index in [1.165, 1.54) is 0 Å². The van der Waals surface area contributed by atoms with E-state index in [-0.39, 0.29) is 5.89 Å². The molecule has 0 aliphatic rings. The smallest absolute Gasteiger partial charge is 0.259 e. The highest BCUT2D eigenvalue weighted by atomic mass is 35.5. The lowest BCUT2D eigenvalue weighted by atomic mass is 10.2. The zero-order valence-electron chi connectivity index (χ0n) is 14.4. The number of hydrogen-bond donors (Lipinski definition) is 0. The number of furan rings is 1. The number of ether oxygens (including phenoxy) is 1. The van der Waals surface area contributed by atoms with Crippen LogP contribution in [0.2, 0.25) is 0 Å². The van der Waals surface area contributed by atoms with Gasteiger partial charge in [-0.05, 0) is 50.1 Å². The van der Waals surface area contributed by atoms with Gasteiger partial charge < -0.3 is 13.6 Å². The maximum Gasteiger partial charge on any atom is 0.259 e. The number of aryl methyl sites for hydroxylation is 2. The van der Waals surface area contributed by atoms with Crippen LogP contribution in [0.1, 0.15) is 36.3 Å². The molecule has 0 radical (unpaired) electrons. The van der Waals surface area contributed by atoms with Crippen molar-refractivity contribution in [3.63, 3.8) is 0 Å². The Morgan fingerprint density at radius 3 is 2.56 bits per heavy atom. The van der Waals surface area contributed by atoms with Crippen molar-refractivity contribution in [2.75, 3.05) is 6.61 Å². The van der Waals surface area contributed by atoms with Crippen LogP contribution in [0.4, 0.5) is 0 Å². The second-order valence-electron chi connectivity index (χ2n) is 5.65. The van der Waals surface area contributed by atoms with E-state index in [1.807, 2.05) is 44.2 Å². The highest BCUT2D eigenvalue weighted by Gasteiger charge is 2.16. The monoisotopic (exact) mass is 358 g/mol. The summed E-state index contributed by atoms with van der Waals surface area (Å²) in [6.07, 6.45) is 2.75. The molecule has 0 aliphatic heterocycles. The van der Waals surface area contributed by atoms with Gasteiger partial charge in [-0.25, -0.2) is 0 Å². The minimum absolute atomic E-state index is 0.265. The van der Waals surface area contributed by atoms with Gasteiger partial charge in [0, 0.05) is 0 Å². The van der Waals surface area contributed by atoms with E-state index in [2.05, 4.69) is 17.1 Å². The number of nitrogens with zero attached hydrogens (tertiary/aromatic N) is 2. The zero-order chi connectivity index (χ0) is 17.8. The predicted octanol–water partition coefficient (Wildman–Crippen LogP) is 5.47. The number of hydrogen-bond acceptors (Lipinski definition) is 5.